The molecule has 2 amide bonds. The van der Waals surface area contributed by atoms with Crippen LogP contribution in [0.3, 0.4) is 0 Å². The molecule has 2 aromatic heterocycles. The number of hydrogen-bond acceptors (Lipinski definition) is 6. The molecule has 3 aliphatic rings. The van der Waals surface area contributed by atoms with Gasteiger partial charge in [-0.1, -0.05) is 6.07 Å². The lowest BCUT2D eigenvalue weighted by Crippen LogP contribution is -2.38. The van der Waals surface area contributed by atoms with Gasteiger partial charge in [-0.15, -0.1) is 11.3 Å². The van der Waals surface area contributed by atoms with Crippen molar-refractivity contribution in [3.05, 3.63) is 40.3 Å². The fraction of sp³-hybridized carbons (Fsp3) is 0.450. The van der Waals surface area contributed by atoms with E-state index < -0.39 is 5.41 Å². The average Bonchev–Trinajstić information content (AvgIpc) is 3.43. The number of rotatable bonds is 3. The molecule has 2 aromatic rings. The molecule has 8 heteroatoms. The van der Waals surface area contributed by atoms with E-state index in [0.717, 1.165) is 12.1 Å². The van der Waals surface area contributed by atoms with Crippen LogP contribution >= 0.6 is 11.3 Å². The third kappa shape index (κ3) is 2.83. The molecule has 0 saturated carbocycles. The Hall–Kier alpha value is -2.61. The van der Waals surface area contributed by atoms with Crippen LogP contribution in [0, 0.1) is 5.41 Å². The molecule has 5 heterocycles. The molecule has 7 nitrogen and oxygen atoms in total. The smallest absolute Gasteiger partial charge is 0.267 e. The number of nitrogens with zero attached hydrogens (tertiary/aromatic N) is 3. The summed E-state index contributed by atoms with van der Waals surface area (Å²) in [6.07, 6.45) is 3.24. The van der Waals surface area contributed by atoms with Crippen LogP contribution in [0.1, 0.15) is 28.2 Å². The van der Waals surface area contributed by atoms with Crippen molar-refractivity contribution in [1.82, 2.24) is 14.8 Å². The van der Waals surface area contributed by atoms with Gasteiger partial charge in [-0.05, 0) is 25.0 Å². The Labute approximate surface area is 166 Å². The summed E-state index contributed by atoms with van der Waals surface area (Å²) in [4.78, 5) is 34.8. The topological polar surface area (TPSA) is 72.0 Å². The maximum absolute atomic E-state index is 13.1. The summed E-state index contributed by atoms with van der Waals surface area (Å²) >= 11 is 1.35. The fourth-order valence-corrected chi connectivity index (χ4v) is 5.21. The zero-order valence-electron chi connectivity index (χ0n) is 15.4. The van der Waals surface area contributed by atoms with Crippen molar-refractivity contribution >= 4 is 23.2 Å². The summed E-state index contributed by atoms with van der Waals surface area (Å²) in [7, 11) is 0. The zero-order valence-corrected chi connectivity index (χ0v) is 16.2. The number of fused-ring (bicyclic) bond motifs is 1. The van der Waals surface area contributed by atoms with Crippen molar-refractivity contribution in [3.63, 3.8) is 0 Å². The van der Waals surface area contributed by atoms with Gasteiger partial charge in [-0.25, -0.2) is 0 Å². The molecule has 0 N–H and O–H groups in total. The number of thiophene rings is 1. The second kappa shape index (κ2) is 6.77. The van der Waals surface area contributed by atoms with Crippen LogP contribution < -0.4 is 9.47 Å². The SMILES string of the molecule is O=C(c1scc2c1OCCO2)N1CCC2(CCN(Cc3ccccn3)C2=O)C1. The summed E-state index contributed by atoms with van der Waals surface area (Å²) in [6.45, 7) is 3.26. The molecule has 3 aliphatic heterocycles. The van der Waals surface area contributed by atoms with Gasteiger partial charge in [0.25, 0.3) is 5.91 Å². The van der Waals surface area contributed by atoms with Gasteiger partial charge in [-0.3, -0.25) is 14.6 Å². The molecule has 0 radical (unpaired) electrons. The first-order valence-electron chi connectivity index (χ1n) is 9.52. The minimum Gasteiger partial charge on any atom is -0.485 e. The van der Waals surface area contributed by atoms with Gasteiger partial charge in [0.05, 0.1) is 17.7 Å². The Kier molecular flexibility index (Phi) is 4.23. The monoisotopic (exact) mass is 399 g/mol. The third-order valence-corrected chi connectivity index (χ3v) is 6.74. The molecular weight excluding hydrogens is 378 g/mol. The molecule has 0 aliphatic carbocycles. The van der Waals surface area contributed by atoms with Crippen molar-refractivity contribution in [2.75, 3.05) is 32.8 Å². The minimum atomic E-state index is -0.459. The number of carbonyl (C=O) groups excluding carboxylic acids is 2. The van der Waals surface area contributed by atoms with Crippen molar-refractivity contribution in [2.45, 2.75) is 19.4 Å². The summed E-state index contributed by atoms with van der Waals surface area (Å²) in [5.74, 6) is 1.27. The summed E-state index contributed by atoms with van der Waals surface area (Å²) in [6, 6.07) is 5.74. The molecule has 5 rings (SSSR count). The lowest BCUT2D eigenvalue weighted by molar-refractivity contribution is -0.135. The highest BCUT2D eigenvalue weighted by atomic mass is 32.1. The highest BCUT2D eigenvalue weighted by Gasteiger charge is 2.52. The van der Waals surface area contributed by atoms with Gasteiger partial charge in [0.1, 0.15) is 18.1 Å². The van der Waals surface area contributed by atoms with Crippen molar-refractivity contribution < 1.29 is 19.1 Å². The van der Waals surface area contributed by atoms with Gasteiger partial charge in [0, 0.05) is 31.2 Å². The Bertz CT molecular complexity index is 915. The van der Waals surface area contributed by atoms with Crippen LogP contribution in [0.15, 0.2) is 29.8 Å². The maximum Gasteiger partial charge on any atom is 0.267 e. The zero-order chi connectivity index (χ0) is 19.1. The number of likely N-dealkylation sites (tertiary alicyclic amines) is 2. The van der Waals surface area contributed by atoms with Crippen LogP contribution in [0.4, 0.5) is 0 Å². The predicted molar refractivity (Wildman–Crippen MR) is 103 cm³/mol. The molecule has 2 saturated heterocycles. The summed E-state index contributed by atoms with van der Waals surface area (Å²) in [5.41, 5.74) is 0.431. The number of carbonyl (C=O) groups is 2. The van der Waals surface area contributed by atoms with Gasteiger partial charge in [0.15, 0.2) is 11.5 Å². The lowest BCUT2D eigenvalue weighted by Gasteiger charge is -2.24. The maximum atomic E-state index is 13.1. The van der Waals surface area contributed by atoms with E-state index in [1.807, 2.05) is 28.5 Å². The first kappa shape index (κ1) is 17.5. The molecule has 1 unspecified atom stereocenters. The Balaban J connectivity index is 1.29. The number of pyridine rings is 1. The first-order chi connectivity index (χ1) is 13.7. The van der Waals surface area contributed by atoms with Gasteiger partial charge in [-0.2, -0.15) is 0 Å². The molecule has 0 aromatic carbocycles. The van der Waals surface area contributed by atoms with Gasteiger partial charge >= 0.3 is 0 Å². The van der Waals surface area contributed by atoms with Crippen molar-refractivity contribution in [2.24, 2.45) is 5.41 Å². The molecule has 0 bridgehead atoms. The average molecular weight is 399 g/mol. The third-order valence-electron chi connectivity index (χ3n) is 5.82. The van der Waals surface area contributed by atoms with Gasteiger partial charge in [0.2, 0.25) is 5.91 Å². The van der Waals surface area contributed by atoms with E-state index in [4.69, 9.17) is 9.47 Å². The van der Waals surface area contributed by atoms with Gasteiger partial charge < -0.3 is 19.3 Å². The largest absolute Gasteiger partial charge is 0.485 e. The Morgan fingerprint density at radius 3 is 2.93 bits per heavy atom. The highest BCUT2D eigenvalue weighted by Crippen LogP contribution is 2.44. The first-order valence-corrected chi connectivity index (χ1v) is 10.4. The van der Waals surface area contributed by atoms with Crippen molar-refractivity contribution in [3.8, 4) is 11.5 Å². The number of aromatic nitrogens is 1. The quantitative estimate of drug-likeness (QED) is 0.791. The van der Waals surface area contributed by atoms with Crippen LogP contribution in [0.2, 0.25) is 0 Å². The van der Waals surface area contributed by atoms with Crippen LogP contribution in [-0.4, -0.2) is 59.4 Å². The minimum absolute atomic E-state index is 0.0652. The van der Waals surface area contributed by atoms with E-state index >= 15 is 0 Å². The predicted octanol–water partition coefficient (Wildman–Crippen LogP) is 2.18. The number of amides is 2. The Morgan fingerprint density at radius 1 is 1.21 bits per heavy atom. The molecular formula is C20H21N3O4S. The standard InChI is InChI=1S/C20H21N3O4S/c24-18(17-16-15(12-28-17)26-9-10-27-16)23-8-5-20(13-23)4-7-22(19(20)25)11-14-3-1-2-6-21-14/h1-3,6,12H,4-5,7-11,13H2. The second-order valence-corrected chi connectivity index (χ2v) is 8.39. The van der Waals surface area contributed by atoms with Crippen LogP contribution in [-0.2, 0) is 11.3 Å². The van der Waals surface area contributed by atoms with E-state index in [9.17, 15) is 9.59 Å². The molecule has 1 atom stereocenters. The summed E-state index contributed by atoms with van der Waals surface area (Å²) < 4.78 is 11.2. The van der Waals surface area contributed by atoms with Crippen LogP contribution in [0.5, 0.6) is 11.5 Å². The number of hydrogen-bond donors (Lipinski definition) is 0. The number of ether oxygens (including phenoxy) is 2. The lowest BCUT2D eigenvalue weighted by atomic mass is 9.85. The molecule has 2 fully saturated rings. The van der Waals surface area contributed by atoms with Crippen molar-refractivity contribution in [1.29, 1.82) is 0 Å². The molecule has 1 spiro atoms. The Morgan fingerprint density at radius 2 is 2.07 bits per heavy atom. The second-order valence-electron chi connectivity index (χ2n) is 7.51. The van der Waals surface area contributed by atoms with E-state index in [-0.39, 0.29) is 11.8 Å². The van der Waals surface area contributed by atoms with E-state index in [1.165, 1.54) is 11.3 Å². The molecule has 28 heavy (non-hydrogen) atoms. The van der Waals surface area contributed by atoms with E-state index in [0.29, 0.717) is 62.2 Å². The molecule has 146 valence electrons. The fourth-order valence-electron chi connectivity index (χ4n) is 4.31. The van der Waals surface area contributed by atoms with E-state index in [1.54, 1.807) is 11.1 Å². The highest BCUT2D eigenvalue weighted by molar-refractivity contribution is 7.12. The normalized spacial score (nSPS) is 23.6. The van der Waals surface area contributed by atoms with Crippen LogP contribution in [0.25, 0.3) is 0 Å². The summed E-state index contributed by atoms with van der Waals surface area (Å²) in [5, 5.41) is 1.82. The van der Waals surface area contributed by atoms with E-state index in [2.05, 4.69) is 4.98 Å².